The summed E-state index contributed by atoms with van der Waals surface area (Å²) in [5.41, 5.74) is -0.503. The van der Waals surface area contributed by atoms with Gasteiger partial charge in [0.15, 0.2) is 5.76 Å². The van der Waals surface area contributed by atoms with Gasteiger partial charge in [0.1, 0.15) is 5.60 Å². The monoisotopic (exact) mass is 306 g/mol. The van der Waals surface area contributed by atoms with Crippen molar-refractivity contribution in [3.05, 3.63) is 24.2 Å². The molecule has 2 aliphatic heterocycles. The van der Waals surface area contributed by atoms with Crippen LogP contribution in [0.1, 0.15) is 37.7 Å². The van der Waals surface area contributed by atoms with Gasteiger partial charge in [0.25, 0.3) is 5.91 Å². The Labute approximate surface area is 130 Å². The van der Waals surface area contributed by atoms with Crippen LogP contribution in [0.25, 0.3) is 0 Å². The van der Waals surface area contributed by atoms with Crippen LogP contribution in [-0.2, 0) is 4.74 Å². The van der Waals surface area contributed by atoms with Gasteiger partial charge in [-0.05, 0) is 45.2 Å². The largest absolute Gasteiger partial charge is 0.459 e. The van der Waals surface area contributed by atoms with Crippen molar-refractivity contribution in [3.63, 3.8) is 0 Å². The number of hydrogen-bond donors (Lipinski definition) is 0. The number of furan rings is 1. The predicted octanol–water partition coefficient (Wildman–Crippen LogP) is 2.36. The zero-order chi connectivity index (χ0) is 15.9. The fraction of sp³-hybridized carbons (Fsp3) is 0.625. The number of piperidine rings is 1. The molecule has 22 heavy (non-hydrogen) atoms. The van der Waals surface area contributed by atoms with Crippen molar-refractivity contribution in [1.82, 2.24) is 9.80 Å². The third-order valence-electron chi connectivity index (χ3n) is 4.06. The standard InChI is InChI=1S/C16H22N2O4/c1-16(2,3)22-15(20)18-9-11-7-12(18)10-17(8-11)14(19)13-5-4-6-21-13/h4-6,11-12H,7-10H2,1-3H3/t11-,12+/m1/s1. The Bertz CT molecular complexity index is 561. The minimum atomic E-state index is -0.503. The van der Waals surface area contributed by atoms with Crippen molar-refractivity contribution in [2.75, 3.05) is 19.6 Å². The summed E-state index contributed by atoms with van der Waals surface area (Å²) >= 11 is 0. The van der Waals surface area contributed by atoms with Crippen LogP contribution in [0.2, 0.25) is 0 Å². The van der Waals surface area contributed by atoms with E-state index in [0.29, 0.717) is 31.3 Å². The number of fused-ring (bicyclic) bond motifs is 2. The van der Waals surface area contributed by atoms with Crippen molar-refractivity contribution >= 4 is 12.0 Å². The van der Waals surface area contributed by atoms with Crippen LogP contribution in [-0.4, -0.2) is 53.1 Å². The molecular weight excluding hydrogens is 284 g/mol. The van der Waals surface area contributed by atoms with Crippen molar-refractivity contribution in [1.29, 1.82) is 0 Å². The highest BCUT2D eigenvalue weighted by molar-refractivity contribution is 5.91. The first-order valence-electron chi connectivity index (χ1n) is 7.66. The fourth-order valence-electron chi connectivity index (χ4n) is 3.23. The summed E-state index contributed by atoms with van der Waals surface area (Å²) in [5, 5.41) is 0. The van der Waals surface area contributed by atoms with Crippen LogP contribution in [0, 0.1) is 5.92 Å². The lowest BCUT2D eigenvalue weighted by Gasteiger charge is -2.32. The van der Waals surface area contributed by atoms with E-state index in [4.69, 9.17) is 9.15 Å². The van der Waals surface area contributed by atoms with E-state index in [-0.39, 0.29) is 18.0 Å². The number of nitrogens with zero attached hydrogens (tertiary/aromatic N) is 2. The van der Waals surface area contributed by atoms with Gasteiger partial charge in [0.2, 0.25) is 0 Å². The van der Waals surface area contributed by atoms with Crippen molar-refractivity contribution in [3.8, 4) is 0 Å². The van der Waals surface area contributed by atoms with E-state index in [2.05, 4.69) is 0 Å². The summed E-state index contributed by atoms with van der Waals surface area (Å²) in [6.07, 6.45) is 2.15. The molecule has 0 saturated carbocycles. The van der Waals surface area contributed by atoms with Crippen LogP contribution in [0.4, 0.5) is 4.79 Å². The molecule has 2 bridgehead atoms. The van der Waals surface area contributed by atoms with Gasteiger partial charge in [-0.2, -0.15) is 0 Å². The van der Waals surface area contributed by atoms with Gasteiger partial charge in [0.05, 0.1) is 12.3 Å². The molecule has 120 valence electrons. The first kappa shape index (κ1) is 14.9. The van der Waals surface area contributed by atoms with E-state index in [0.717, 1.165) is 6.42 Å². The molecular formula is C16H22N2O4. The molecule has 2 aliphatic rings. The Morgan fingerprint density at radius 3 is 2.68 bits per heavy atom. The van der Waals surface area contributed by atoms with E-state index in [1.54, 1.807) is 21.9 Å². The molecule has 3 heterocycles. The Hall–Kier alpha value is -1.98. The van der Waals surface area contributed by atoms with Crippen molar-refractivity contribution in [2.24, 2.45) is 5.92 Å². The van der Waals surface area contributed by atoms with Gasteiger partial charge < -0.3 is 19.0 Å². The third kappa shape index (κ3) is 2.96. The summed E-state index contributed by atoms with van der Waals surface area (Å²) in [4.78, 5) is 28.2. The Kier molecular flexibility index (Phi) is 3.62. The molecule has 2 saturated heterocycles. The molecule has 1 aromatic heterocycles. The fourth-order valence-corrected chi connectivity index (χ4v) is 3.23. The number of carbonyl (C=O) groups is 2. The van der Waals surface area contributed by atoms with E-state index >= 15 is 0 Å². The Morgan fingerprint density at radius 2 is 2.05 bits per heavy atom. The molecule has 0 aliphatic carbocycles. The van der Waals surface area contributed by atoms with Crippen molar-refractivity contribution in [2.45, 2.75) is 38.8 Å². The van der Waals surface area contributed by atoms with Gasteiger partial charge in [-0.3, -0.25) is 4.79 Å². The maximum atomic E-state index is 12.4. The number of carbonyl (C=O) groups excluding carboxylic acids is 2. The highest BCUT2D eigenvalue weighted by Gasteiger charge is 2.43. The van der Waals surface area contributed by atoms with E-state index in [9.17, 15) is 9.59 Å². The van der Waals surface area contributed by atoms with Crippen LogP contribution >= 0.6 is 0 Å². The molecule has 1 aromatic rings. The molecule has 0 unspecified atom stereocenters. The average Bonchev–Trinajstić information content (AvgIpc) is 3.04. The summed E-state index contributed by atoms with van der Waals surface area (Å²) in [7, 11) is 0. The molecule has 2 fully saturated rings. The maximum absolute atomic E-state index is 12.4. The summed E-state index contributed by atoms with van der Waals surface area (Å²) in [6.45, 7) is 7.44. The zero-order valence-corrected chi connectivity index (χ0v) is 13.2. The third-order valence-corrected chi connectivity index (χ3v) is 4.06. The lowest BCUT2D eigenvalue weighted by atomic mass is 10.00. The van der Waals surface area contributed by atoms with Crippen molar-refractivity contribution < 1.29 is 18.7 Å². The van der Waals surface area contributed by atoms with Crippen LogP contribution < -0.4 is 0 Å². The average molecular weight is 306 g/mol. The summed E-state index contributed by atoms with van der Waals surface area (Å²) < 4.78 is 10.6. The van der Waals surface area contributed by atoms with Crippen LogP contribution in [0.3, 0.4) is 0 Å². The van der Waals surface area contributed by atoms with Gasteiger partial charge in [-0.15, -0.1) is 0 Å². The van der Waals surface area contributed by atoms with Crippen LogP contribution in [0.15, 0.2) is 22.8 Å². The van der Waals surface area contributed by atoms with Gasteiger partial charge in [-0.1, -0.05) is 0 Å². The Morgan fingerprint density at radius 1 is 1.27 bits per heavy atom. The zero-order valence-electron chi connectivity index (χ0n) is 13.2. The van der Waals surface area contributed by atoms with Gasteiger partial charge in [-0.25, -0.2) is 4.79 Å². The smallest absolute Gasteiger partial charge is 0.410 e. The quantitative estimate of drug-likeness (QED) is 0.799. The number of rotatable bonds is 1. The lowest BCUT2D eigenvalue weighted by molar-refractivity contribution is 0.0206. The molecule has 2 amide bonds. The predicted molar refractivity (Wildman–Crippen MR) is 79.4 cm³/mol. The lowest BCUT2D eigenvalue weighted by Crippen LogP contribution is -2.47. The van der Waals surface area contributed by atoms with E-state index < -0.39 is 5.60 Å². The molecule has 0 spiro atoms. The van der Waals surface area contributed by atoms with Crippen LogP contribution in [0.5, 0.6) is 0 Å². The number of amides is 2. The molecule has 6 nitrogen and oxygen atoms in total. The first-order valence-corrected chi connectivity index (χ1v) is 7.66. The summed E-state index contributed by atoms with van der Waals surface area (Å²) in [5.74, 6) is 0.557. The molecule has 2 atom stereocenters. The second-order valence-electron chi connectivity index (χ2n) is 7.08. The summed E-state index contributed by atoms with van der Waals surface area (Å²) in [6, 6.07) is 3.41. The first-order chi connectivity index (χ1) is 10.3. The van der Waals surface area contributed by atoms with E-state index in [1.807, 2.05) is 20.8 Å². The minimum Gasteiger partial charge on any atom is -0.459 e. The minimum absolute atomic E-state index is 0.0347. The second-order valence-corrected chi connectivity index (χ2v) is 7.08. The normalized spacial score (nSPS) is 24.5. The van der Waals surface area contributed by atoms with E-state index in [1.165, 1.54) is 6.26 Å². The topological polar surface area (TPSA) is 63.0 Å². The number of ether oxygens (including phenoxy) is 1. The second kappa shape index (κ2) is 5.34. The molecule has 0 aromatic carbocycles. The SMILES string of the molecule is CC(C)(C)OC(=O)N1C[C@@H]2C[C@H]1CN(C(=O)c1ccco1)C2. The number of hydrogen-bond acceptors (Lipinski definition) is 4. The molecule has 0 radical (unpaired) electrons. The molecule has 3 rings (SSSR count). The highest BCUT2D eigenvalue weighted by Crippen LogP contribution is 2.31. The van der Waals surface area contributed by atoms with Gasteiger partial charge in [0, 0.05) is 19.6 Å². The number of likely N-dealkylation sites (tertiary alicyclic amines) is 2. The highest BCUT2D eigenvalue weighted by atomic mass is 16.6. The van der Waals surface area contributed by atoms with Gasteiger partial charge >= 0.3 is 6.09 Å². The molecule has 6 heteroatoms. The Balaban J connectivity index is 1.67. The molecule has 0 N–H and O–H groups in total. The maximum Gasteiger partial charge on any atom is 0.410 e.